The molecule has 194 valence electrons. The van der Waals surface area contributed by atoms with Gasteiger partial charge in [0.1, 0.15) is 5.82 Å². The first-order valence-corrected chi connectivity index (χ1v) is 12.3. The van der Waals surface area contributed by atoms with Crippen molar-refractivity contribution in [2.24, 2.45) is 5.92 Å². The molecule has 8 heteroatoms. The summed E-state index contributed by atoms with van der Waals surface area (Å²) in [5.41, 5.74) is 1.78. The molecule has 1 aliphatic carbocycles. The zero-order chi connectivity index (χ0) is 27.0. The van der Waals surface area contributed by atoms with E-state index in [1.807, 2.05) is 37.3 Å². The predicted octanol–water partition coefficient (Wildman–Crippen LogP) is 6.27. The Morgan fingerprint density at radius 2 is 1.76 bits per heavy atom. The van der Waals surface area contributed by atoms with Gasteiger partial charge in [-0.2, -0.15) is 13.2 Å². The molecule has 2 N–H and O–H groups in total. The van der Waals surface area contributed by atoms with Crippen molar-refractivity contribution in [2.45, 2.75) is 37.8 Å². The lowest BCUT2D eigenvalue weighted by Crippen LogP contribution is -2.43. The largest absolute Gasteiger partial charge is 0.416 e. The number of anilines is 1. The molecule has 38 heavy (non-hydrogen) atoms. The van der Waals surface area contributed by atoms with Gasteiger partial charge in [-0.3, -0.25) is 9.59 Å². The Morgan fingerprint density at radius 3 is 2.47 bits per heavy atom. The first kappa shape index (κ1) is 25.4. The second-order valence-electron chi connectivity index (χ2n) is 9.73. The van der Waals surface area contributed by atoms with Crippen molar-refractivity contribution in [1.82, 2.24) is 10.3 Å². The van der Waals surface area contributed by atoms with Crippen molar-refractivity contribution in [3.8, 4) is 0 Å². The molecule has 2 aliphatic rings. The highest BCUT2D eigenvalue weighted by Gasteiger charge is 2.47. The van der Waals surface area contributed by atoms with Gasteiger partial charge in [-0.1, -0.05) is 55.1 Å². The Labute approximate surface area is 218 Å². The maximum absolute atomic E-state index is 14.2. The lowest BCUT2D eigenvalue weighted by molar-refractivity contribution is -0.139. The van der Waals surface area contributed by atoms with E-state index in [0.717, 1.165) is 17.2 Å². The lowest BCUT2D eigenvalue weighted by atomic mass is 9.68. The second kappa shape index (κ2) is 9.93. The molecule has 0 fully saturated rings. The second-order valence-corrected chi connectivity index (χ2v) is 9.73. The van der Waals surface area contributed by atoms with Crippen LogP contribution in [0.5, 0.6) is 0 Å². The summed E-state index contributed by atoms with van der Waals surface area (Å²) in [4.78, 5) is 31.5. The van der Waals surface area contributed by atoms with Crippen molar-refractivity contribution in [2.75, 3.05) is 5.32 Å². The smallest absolute Gasteiger partial charge is 0.362 e. The Kier molecular flexibility index (Phi) is 6.65. The lowest BCUT2D eigenvalue weighted by Gasteiger charge is -2.41. The standard InChI is InChI=1S/C30H26F3N3O2/c1-17-12-13-34-25(14-17)36-29(38)26-18(2)35-23-15-20(19-8-4-3-5-9-19)16-24(37)28(23)27(26)21-10-6-7-11-22(21)30(31,32)33/h3-14,20,26-27,35H,2,15-16H2,1H3,(H,34,36,38). The Hall–Kier alpha value is -4.20. The van der Waals surface area contributed by atoms with Crippen LogP contribution >= 0.6 is 0 Å². The summed E-state index contributed by atoms with van der Waals surface area (Å²) in [7, 11) is 0. The van der Waals surface area contributed by atoms with Crippen LogP contribution < -0.4 is 10.6 Å². The molecule has 5 rings (SSSR count). The summed E-state index contributed by atoms with van der Waals surface area (Å²) in [6.07, 6.45) is -2.59. The highest BCUT2D eigenvalue weighted by molar-refractivity contribution is 6.03. The number of rotatable bonds is 4. The summed E-state index contributed by atoms with van der Waals surface area (Å²) in [6, 6.07) is 18.1. The van der Waals surface area contributed by atoms with Gasteiger partial charge >= 0.3 is 6.18 Å². The third kappa shape index (κ3) is 4.86. The third-order valence-corrected chi connectivity index (χ3v) is 7.16. The van der Waals surface area contributed by atoms with Crippen LogP contribution in [-0.4, -0.2) is 16.7 Å². The zero-order valence-electron chi connectivity index (χ0n) is 20.7. The van der Waals surface area contributed by atoms with E-state index in [-0.39, 0.29) is 40.8 Å². The number of hydrogen-bond donors (Lipinski definition) is 2. The molecule has 0 radical (unpaired) electrons. The van der Waals surface area contributed by atoms with E-state index in [1.54, 1.807) is 12.1 Å². The number of hydrogen-bond acceptors (Lipinski definition) is 4. The van der Waals surface area contributed by atoms with Crippen LogP contribution in [0.15, 0.2) is 96.5 Å². The molecule has 0 saturated carbocycles. The Morgan fingerprint density at radius 1 is 1.05 bits per heavy atom. The summed E-state index contributed by atoms with van der Waals surface area (Å²) >= 11 is 0. The van der Waals surface area contributed by atoms with Crippen LogP contribution in [-0.2, 0) is 15.8 Å². The number of benzene rings is 2. The van der Waals surface area contributed by atoms with Crippen molar-refractivity contribution >= 4 is 17.5 Å². The summed E-state index contributed by atoms with van der Waals surface area (Å²) in [6.45, 7) is 5.87. The SMILES string of the molecule is C=C1NC2=C(C(=O)CC(c3ccccc3)C2)C(c2ccccc2C(F)(F)F)C1C(=O)Nc1cc(C)ccn1. The average Bonchev–Trinajstić information content (AvgIpc) is 2.87. The Balaban J connectivity index is 1.63. The van der Waals surface area contributed by atoms with Gasteiger partial charge in [0.05, 0.1) is 11.5 Å². The number of ketones is 1. The minimum absolute atomic E-state index is 0.126. The molecule has 1 aliphatic heterocycles. The first-order chi connectivity index (χ1) is 18.1. The number of alkyl halides is 3. The van der Waals surface area contributed by atoms with Gasteiger partial charge in [0.15, 0.2) is 5.78 Å². The molecule has 1 aromatic heterocycles. The number of carbonyl (C=O) groups is 2. The summed E-state index contributed by atoms with van der Waals surface area (Å²) in [5.74, 6) is -3.07. The average molecular weight is 518 g/mol. The van der Waals surface area contributed by atoms with Crippen LogP contribution in [0.2, 0.25) is 0 Å². The number of halogens is 3. The fraction of sp³-hybridized carbons (Fsp3) is 0.233. The molecular formula is C30H26F3N3O2. The number of nitrogens with one attached hydrogen (secondary N) is 2. The molecule has 2 aromatic carbocycles. The highest BCUT2D eigenvalue weighted by Crippen LogP contribution is 2.49. The summed E-state index contributed by atoms with van der Waals surface area (Å²) in [5, 5.41) is 5.86. The normalized spacial score (nSPS) is 21.5. The van der Waals surface area contributed by atoms with Crippen molar-refractivity contribution in [3.63, 3.8) is 0 Å². The molecule has 5 nitrogen and oxygen atoms in total. The van der Waals surface area contributed by atoms with E-state index < -0.39 is 29.5 Å². The Bertz CT molecular complexity index is 1450. The van der Waals surface area contributed by atoms with Gasteiger partial charge in [-0.05, 0) is 54.2 Å². The number of carbonyl (C=O) groups excluding carboxylic acids is 2. The van der Waals surface area contributed by atoms with Gasteiger partial charge in [-0.25, -0.2) is 4.98 Å². The van der Waals surface area contributed by atoms with Crippen LogP contribution in [0.3, 0.4) is 0 Å². The molecule has 3 atom stereocenters. The van der Waals surface area contributed by atoms with Gasteiger partial charge in [0.25, 0.3) is 0 Å². The van der Waals surface area contributed by atoms with Gasteiger partial charge < -0.3 is 10.6 Å². The molecule has 0 spiro atoms. The maximum atomic E-state index is 14.2. The molecular weight excluding hydrogens is 491 g/mol. The molecule has 3 aromatic rings. The number of amides is 1. The van der Waals surface area contributed by atoms with E-state index in [0.29, 0.717) is 12.1 Å². The van der Waals surface area contributed by atoms with Crippen molar-refractivity contribution < 1.29 is 22.8 Å². The minimum Gasteiger partial charge on any atom is -0.362 e. The van der Waals surface area contributed by atoms with E-state index in [9.17, 15) is 22.8 Å². The maximum Gasteiger partial charge on any atom is 0.416 e. The van der Waals surface area contributed by atoms with E-state index in [1.165, 1.54) is 24.4 Å². The summed E-state index contributed by atoms with van der Waals surface area (Å²) < 4.78 is 42.5. The number of aryl methyl sites for hydroxylation is 1. The van der Waals surface area contributed by atoms with Crippen molar-refractivity contribution in [3.05, 3.63) is 119 Å². The van der Waals surface area contributed by atoms with Crippen LogP contribution in [0, 0.1) is 12.8 Å². The monoisotopic (exact) mass is 517 g/mol. The van der Waals surface area contributed by atoms with E-state index in [4.69, 9.17) is 0 Å². The molecule has 2 heterocycles. The fourth-order valence-electron chi connectivity index (χ4n) is 5.49. The molecule has 1 amide bonds. The number of allylic oxidation sites excluding steroid dienone is 2. The van der Waals surface area contributed by atoms with Gasteiger partial charge in [-0.15, -0.1) is 0 Å². The zero-order valence-corrected chi connectivity index (χ0v) is 20.7. The molecule has 3 unspecified atom stereocenters. The van der Waals surface area contributed by atoms with E-state index in [2.05, 4.69) is 22.2 Å². The number of nitrogens with zero attached hydrogens (tertiary/aromatic N) is 1. The minimum atomic E-state index is -4.67. The third-order valence-electron chi connectivity index (χ3n) is 7.16. The van der Waals surface area contributed by atoms with E-state index >= 15 is 0 Å². The fourth-order valence-corrected chi connectivity index (χ4v) is 5.49. The van der Waals surface area contributed by atoms with Gasteiger partial charge in [0, 0.05) is 35.5 Å². The first-order valence-electron chi connectivity index (χ1n) is 12.3. The number of pyridine rings is 1. The van der Waals surface area contributed by atoms with Crippen molar-refractivity contribution in [1.29, 1.82) is 0 Å². The van der Waals surface area contributed by atoms with Gasteiger partial charge in [0.2, 0.25) is 5.91 Å². The van der Waals surface area contributed by atoms with Crippen LogP contribution in [0.25, 0.3) is 0 Å². The topological polar surface area (TPSA) is 71.1 Å². The number of Topliss-reactive ketones (excluding diaryl/α,β-unsaturated/α-hetero) is 1. The predicted molar refractivity (Wildman–Crippen MR) is 138 cm³/mol. The van der Waals surface area contributed by atoms with Crippen LogP contribution in [0.4, 0.5) is 19.0 Å². The molecule has 0 bridgehead atoms. The quantitative estimate of drug-likeness (QED) is 0.428. The molecule has 0 saturated heterocycles. The van der Waals surface area contributed by atoms with Crippen LogP contribution in [0.1, 0.15) is 46.9 Å². The number of aromatic nitrogens is 1. The highest BCUT2D eigenvalue weighted by atomic mass is 19.4.